The van der Waals surface area contributed by atoms with Gasteiger partial charge in [0.15, 0.2) is 0 Å². The third-order valence-electron chi connectivity index (χ3n) is 4.71. The summed E-state index contributed by atoms with van der Waals surface area (Å²) in [6.07, 6.45) is 3.63. The van der Waals surface area contributed by atoms with Crippen LogP contribution in [0.3, 0.4) is 0 Å². The van der Waals surface area contributed by atoms with Crippen molar-refractivity contribution >= 4 is 11.3 Å². The molecular formula is C17H31N3S. The van der Waals surface area contributed by atoms with Gasteiger partial charge in [-0.25, -0.2) is 4.98 Å². The van der Waals surface area contributed by atoms with E-state index in [-0.39, 0.29) is 5.41 Å². The molecule has 4 heteroatoms. The highest BCUT2D eigenvalue weighted by molar-refractivity contribution is 7.09. The van der Waals surface area contributed by atoms with Crippen LogP contribution in [0.4, 0.5) is 0 Å². The standard InChI is InChI=1S/C17H31N3S/c1-6-17(7-2)13-20(10-8-9-18-17)11-15-19-14(12-21-15)16(3,4)5/h12,18H,6-11,13H2,1-5H3. The Morgan fingerprint density at radius 1 is 1.33 bits per heavy atom. The van der Waals surface area contributed by atoms with Gasteiger partial charge < -0.3 is 5.32 Å². The Bertz CT molecular complexity index is 443. The highest BCUT2D eigenvalue weighted by Gasteiger charge is 2.30. The first-order valence-electron chi connectivity index (χ1n) is 8.31. The lowest BCUT2D eigenvalue weighted by Gasteiger charge is -2.35. The first kappa shape index (κ1) is 16.9. The average molecular weight is 310 g/mol. The lowest BCUT2D eigenvalue weighted by atomic mass is 9.92. The van der Waals surface area contributed by atoms with Crippen LogP contribution in [-0.4, -0.2) is 35.1 Å². The summed E-state index contributed by atoms with van der Waals surface area (Å²) in [4.78, 5) is 7.46. The molecule has 0 atom stereocenters. The van der Waals surface area contributed by atoms with Crippen LogP contribution >= 0.6 is 11.3 Å². The van der Waals surface area contributed by atoms with Crippen LogP contribution in [0, 0.1) is 0 Å². The molecule has 0 amide bonds. The van der Waals surface area contributed by atoms with Crippen molar-refractivity contribution in [2.75, 3.05) is 19.6 Å². The summed E-state index contributed by atoms with van der Waals surface area (Å²) in [5.74, 6) is 0. The fraction of sp³-hybridized carbons (Fsp3) is 0.824. The number of rotatable bonds is 4. The van der Waals surface area contributed by atoms with Crippen LogP contribution in [0.1, 0.15) is 64.6 Å². The van der Waals surface area contributed by atoms with Gasteiger partial charge in [-0.1, -0.05) is 34.6 Å². The Kier molecular flexibility index (Phi) is 5.44. The summed E-state index contributed by atoms with van der Waals surface area (Å²) in [5, 5.41) is 7.28. The summed E-state index contributed by atoms with van der Waals surface area (Å²) in [7, 11) is 0. The average Bonchev–Trinajstić information content (AvgIpc) is 2.80. The molecule has 1 aliphatic heterocycles. The summed E-state index contributed by atoms with van der Waals surface area (Å²) in [6.45, 7) is 15.8. The van der Waals surface area contributed by atoms with Crippen molar-refractivity contribution in [1.29, 1.82) is 0 Å². The molecule has 0 aliphatic carbocycles. The number of thiazole rings is 1. The SMILES string of the molecule is CCC1(CC)CN(Cc2nc(C(C)(C)C)cs2)CCCN1. The highest BCUT2D eigenvalue weighted by atomic mass is 32.1. The van der Waals surface area contributed by atoms with Crippen molar-refractivity contribution < 1.29 is 0 Å². The normalized spacial score (nSPS) is 20.4. The Morgan fingerprint density at radius 3 is 2.62 bits per heavy atom. The second-order valence-electron chi connectivity index (χ2n) is 7.35. The van der Waals surface area contributed by atoms with E-state index in [0.717, 1.165) is 19.6 Å². The van der Waals surface area contributed by atoms with E-state index in [1.807, 2.05) is 11.3 Å². The quantitative estimate of drug-likeness (QED) is 0.917. The monoisotopic (exact) mass is 309 g/mol. The van der Waals surface area contributed by atoms with E-state index in [1.54, 1.807) is 0 Å². The van der Waals surface area contributed by atoms with Crippen LogP contribution in [0.5, 0.6) is 0 Å². The van der Waals surface area contributed by atoms with Gasteiger partial charge in [0.2, 0.25) is 0 Å². The number of hydrogen-bond acceptors (Lipinski definition) is 4. The van der Waals surface area contributed by atoms with Crippen molar-refractivity contribution in [1.82, 2.24) is 15.2 Å². The van der Waals surface area contributed by atoms with Crippen LogP contribution < -0.4 is 5.32 Å². The summed E-state index contributed by atoms with van der Waals surface area (Å²) in [6, 6.07) is 0. The van der Waals surface area contributed by atoms with Crippen LogP contribution in [-0.2, 0) is 12.0 Å². The third-order valence-corrected chi connectivity index (χ3v) is 5.54. The van der Waals surface area contributed by atoms with Gasteiger partial charge >= 0.3 is 0 Å². The maximum atomic E-state index is 4.86. The number of nitrogens with zero attached hydrogens (tertiary/aromatic N) is 2. The Morgan fingerprint density at radius 2 is 2.05 bits per heavy atom. The number of aromatic nitrogens is 1. The van der Waals surface area contributed by atoms with E-state index < -0.39 is 0 Å². The van der Waals surface area contributed by atoms with Gasteiger partial charge in [0.05, 0.1) is 12.2 Å². The molecule has 0 bridgehead atoms. The molecule has 1 aromatic heterocycles. The summed E-state index contributed by atoms with van der Waals surface area (Å²) < 4.78 is 0. The van der Waals surface area contributed by atoms with E-state index in [1.165, 1.54) is 36.5 Å². The fourth-order valence-corrected chi connectivity index (χ4v) is 4.06. The van der Waals surface area contributed by atoms with Crippen LogP contribution in [0.25, 0.3) is 0 Å². The van der Waals surface area contributed by atoms with E-state index in [2.05, 4.69) is 50.2 Å². The third kappa shape index (κ3) is 4.27. The van der Waals surface area contributed by atoms with Gasteiger partial charge in [0.25, 0.3) is 0 Å². The highest BCUT2D eigenvalue weighted by Crippen LogP contribution is 2.26. The van der Waals surface area contributed by atoms with Crippen LogP contribution in [0.2, 0.25) is 0 Å². The lowest BCUT2D eigenvalue weighted by molar-refractivity contribution is 0.191. The zero-order valence-electron chi connectivity index (χ0n) is 14.3. The van der Waals surface area contributed by atoms with Gasteiger partial charge in [0, 0.05) is 22.9 Å². The summed E-state index contributed by atoms with van der Waals surface area (Å²) in [5.41, 5.74) is 1.68. The van der Waals surface area contributed by atoms with Gasteiger partial charge in [-0.15, -0.1) is 11.3 Å². The molecule has 0 unspecified atom stereocenters. The second kappa shape index (κ2) is 6.76. The van der Waals surface area contributed by atoms with Crippen molar-refractivity contribution in [3.05, 3.63) is 16.1 Å². The first-order valence-corrected chi connectivity index (χ1v) is 9.19. The molecule has 0 spiro atoms. The lowest BCUT2D eigenvalue weighted by Crippen LogP contribution is -2.50. The Hall–Kier alpha value is -0.450. The molecule has 0 radical (unpaired) electrons. The number of nitrogens with one attached hydrogen (secondary N) is 1. The minimum atomic E-state index is 0.158. The molecule has 21 heavy (non-hydrogen) atoms. The fourth-order valence-electron chi connectivity index (χ4n) is 3.00. The molecule has 1 fully saturated rings. The Labute approximate surface area is 134 Å². The van der Waals surface area contributed by atoms with Gasteiger partial charge in [-0.05, 0) is 32.4 Å². The molecule has 2 rings (SSSR count). The maximum absolute atomic E-state index is 4.86. The topological polar surface area (TPSA) is 28.2 Å². The van der Waals surface area contributed by atoms with Crippen molar-refractivity contribution in [2.45, 2.75) is 71.4 Å². The minimum Gasteiger partial charge on any atom is -0.310 e. The molecule has 1 aromatic rings. The number of hydrogen-bond donors (Lipinski definition) is 1. The smallest absolute Gasteiger partial charge is 0.107 e. The van der Waals surface area contributed by atoms with Crippen molar-refractivity contribution in [2.24, 2.45) is 0 Å². The van der Waals surface area contributed by atoms with Gasteiger partial charge in [-0.3, -0.25) is 4.90 Å². The predicted octanol–water partition coefficient (Wildman–Crippen LogP) is 3.79. The Balaban J connectivity index is 2.05. The van der Waals surface area contributed by atoms with Gasteiger partial charge in [0.1, 0.15) is 5.01 Å². The maximum Gasteiger partial charge on any atom is 0.107 e. The van der Waals surface area contributed by atoms with E-state index in [4.69, 9.17) is 4.98 Å². The van der Waals surface area contributed by atoms with E-state index >= 15 is 0 Å². The molecule has 3 nitrogen and oxygen atoms in total. The predicted molar refractivity (Wildman–Crippen MR) is 92.0 cm³/mol. The van der Waals surface area contributed by atoms with Gasteiger partial charge in [-0.2, -0.15) is 0 Å². The van der Waals surface area contributed by atoms with Crippen molar-refractivity contribution in [3.63, 3.8) is 0 Å². The molecule has 0 aromatic carbocycles. The zero-order chi connectivity index (χ0) is 15.5. The molecular weight excluding hydrogens is 278 g/mol. The second-order valence-corrected chi connectivity index (χ2v) is 8.30. The zero-order valence-corrected chi connectivity index (χ0v) is 15.1. The van der Waals surface area contributed by atoms with E-state index in [0.29, 0.717) is 5.54 Å². The minimum absolute atomic E-state index is 0.158. The molecule has 120 valence electrons. The largest absolute Gasteiger partial charge is 0.310 e. The van der Waals surface area contributed by atoms with Crippen molar-refractivity contribution in [3.8, 4) is 0 Å². The van der Waals surface area contributed by atoms with E-state index in [9.17, 15) is 0 Å². The molecule has 1 saturated heterocycles. The molecule has 0 saturated carbocycles. The molecule has 1 N–H and O–H groups in total. The first-order chi connectivity index (χ1) is 9.88. The molecule has 1 aliphatic rings. The van der Waals surface area contributed by atoms with Crippen LogP contribution in [0.15, 0.2) is 5.38 Å². The summed E-state index contributed by atoms with van der Waals surface area (Å²) >= 11 is 1.82. The molecule has 2 heterocycles.